The van der Waals surface area contributed by atoms with Gasteiger partial charge in [-0.05, 0) is 57.2 Å². The number of carboxylic acids is 1. The molecule has 4 aromatic rings. The summed E-state index contributed by atoms with van der Waals surface area (Å²) in [6.45, 7) is 5.23. The van der Waals surface area contributed by atoms with E-state index in [2.05, 4.69) is 4.98 Å². The molecule has 3 aromatic carbocycles. The van der Waals surface area contributed by atoms with Crippen LogP contribution >= 0.6 is 0 Å². The number of ketones is 1. The van der Waals surface area contributed by atoms with E-state index in [4.69, 9.17) is 13.9 Å². The minimum atomic E-state index is -1.32. The maximum absolute atomic E-state index is 12.6. The van der Waals surface area contributed by atoms with E-state index in [1.54, 1.807) is 48.5 Å². The first kappa shape index (κ1) is 24.7. The molecule has 36 heavy (non-hydrogen) atoms. The number of aromatic nitrogens is 1. The highest BCUT2D eigenvalue weighted by molar-refractivity contribution is 6.09. The van der Waals surface area contributed by atoms with Crippen molar-refractivity contribution in [2.45, 2.75) is 32.8 Å². The summed E-state index contributed by atoms with van der Waals surface area (Å²) in [6.07, 6.45) is 0.546. The van der Waals surface area contributed by atoms with Crippen molar-refractivity contribution >= 4 is 11.8 Å². The summed E-state index contributed by atoms with van der Waals surface area (Å²) in [4.78, 5) is 28.4. The third kappa shape index (κ3) is 5.81. The van der Waals surface area contributed by atoms with E-state index in [1.807, 2.05) is 37.3 Å². The summed E-state index contributed by atoms with van der Waals surface area (Å²) >= 11 is 0. The van der Waals surface area contributed by atoms with Gasteiger partial charge < -0.3 is 19.0 Å². The number of carbonyl (C=O) groups is 2. The van der Waals surface area contributed by atoms with Crippen molar-refractivity contribution in [1.82, 2.24) is 4.98 Å². The second kappa shape index (κ2) is 10.5. The van der Waals surface area contributed by atoms with Crippen LogP contribution in [0.5, 0.6) is 11.5 Å². The fourth-order valence-electron chi connectivity index (χ4n) is 3.51. The topological polar surface area (TPSA) is 98.9 Å². The Morgan fingerprint density at radius 2 is 1.50 bits per heavy atom. The molecule has 1 heterocycles. The Morgan fingerprint density at radius 1 is 0.889 bits per heavy atom. The van der Waals surface area contributed by atoms with E-state index >= 15 is 0 Å². The highest BCUT2D eigenvalue weighted by Crippen LogP contribution is 2.25. The molecule has 0 bridgehead atoms. The van der Waals surface area contributed by atoms with Crippen LogP contribution in [0.2, 0.25) is 0 Å². The second-order valence-corrected chi connectivity index (χ2v) is 8.78. The van der Waals surface area contributed by atoms with E-state index < -0.39 is 11.6 Å². The van der Waals surface area contributed by atoms with Crippen molar-refractivity contribution in [2.75, 3.05) is 6.61 Å². The standard InChI is InChI=1S/C29H27NO6/c1-19-25(17-18-34-23-13-15-24(16-14-23)36-29(2,3)28(32)33)30-27(35-19)22-11-9-21(10-12-22)26(31)20-7-5-4-6-8-20/h4-16H,17-18H2,1-3H3,(H,32,33). The molecule has 0 aliphatic rings. The number of carboxylic acid groups (broad SMARTS) is 1. The largest absolute Gasteiger partial charge is 0.493 e. The Hall–Kier alpha value is -4.39. The van der Waals surface area contributed by atoms with Crippen molar-refractivity contribution in [2.24, 2.45) is 0 Å². The van der Waals surface area contributed by atoms with Gasteiger partial charge in [-0.2, -0.15) is 0 Å². The first-order chi connectivity index (χ1) is 17.2. The lowest BCUT2D eigenvalue weighted by molar-refractivity contribution is -0.152. The molecule has 0 spiro atoms. The summed E-state index contributed by atoms with van der Waals surface area (Å²) < 4.78 is 17.2. The Kier molecular flexibility index (Phi) is 7.20. The van der Waals surface area contributed by atoms with Crippen molar-refractivity contribution < 1.29 is 28.6 Å². The molecule has 0 fully saturated rings. The predicted octanol–water partition coefficient (Wildman–Crippen LogP) is 5.74. The number of hydrogen-bond donors (Lipinski definition) is 1. The van der Waals surface area contributed by atoms with E-state index in [0.29, 0.717) is 47.3 Å². The van der Waals surface area contributed by atoms with Gasteiger partial charge in [0, 0.05) is 23.1 Å². The van der Waals surface area contributed by atoms with Gasteiger partial charge in [-0.25, -0.2) is 9.78 Å². The van der Waals surface area contributed by atoms with E-state index in [9.17, 15) is 14.7 Å². The number of aliphatic carboxylic acids is 1. The molecule has 0 saturated carbocycles. The maximum atomic E-state index is 12.6. The zero-order valence-electron chi connectivity index (χ0n) is 20.4. The Morgan fingerprint density at radius 3 is 2.14 bits per heavy atom. The van der Waals surface area contributed by atoms with Crippen LogP contribution in [0.1, 0.15) is 41.2 Å². The van der Waals surface area contributed by atoms with E-state index in [-0.39, 0.29) is 5.78 Å². The molecule has 0 aliphatic heterocycles. The molecule has 0 atom stereocenters. The van der Waals surface area contributed by atoms with Gasteiger partial charge in [-0.3, -0.25) is 4.79 Å². The van der Waals surface area contributed by atoms with Crippen LogP contribution in [-0.4, -0.2) is 34.1 Å². The van der Waals surface area contributed by atoms with Crippen molar-refractivity contribution in [1.29, 1.82) is 0 Å². The van der Waals surface area contributed by atoms with Crippen LogP contribution in [0.25, 0.3) is 11.5 Å². The number of rotatable bonds is 10. The molecule has 0 aliphatic carbocycles. The van der Waals surface area contributed by atoms with Gasteiger partial charge in [0.15, 0.2) is 11.4 Å². The lowest BCUT2D eigenvalue weighted by atomic mass is 10.0. The fourth-order valence-corrected chi connectivity index (χ4v) is 3.51. The van der Waals surface area contributed by atoms with Gasteiger partial charge in [0.1, 0.15) is 17.3 Å². The minimum Gasteiger partial charge on any atom is -0.493 e. The number of hydrogen-bond acceptors (Lipinski definition) is 6. The Bertz CT molecular complexity index is 1340. The van der Waals surface area contributed by atoms with E-state index in [0.717, 1.165) is 11.3 Å². The minimum absolute atomic E-state index is 0.0336. The van der Waals surface area contributed by atoms with E-state index in [1.165, 1.54) is 13.8 Å². The van der Waals surface area contributed by atoms with Crippen LogP contribution in [0, 0.1) is 6.92 Å². The number of aryl methyl sites for hydroxylation is 1. The quantitative estimate of drug-likeness (QED) is 0.286. The Labute approximate surface area is 209 Å². The molecule has 0 amide bonds. The molecule has 0 unspecified atom stereocenters. The lowest BCUT2D eigenvalue weighted by Gasteiger charge is -2.21. The normalized spacial score (nSPS) is 11.2. The third-order valence-corrected chi connectivity index (χ3v) is 5.64. The van der Waals surface area contributed by atoms with Crippen molar-refractivity contribution in [3.8, 4) is 23.0 Å². The summed E-state index contributed by atoms with van der Waals surface area (Å²) in [5.74, 6) is 1.20. The molecular formula is C29H27NO6. The molecule has 7 nitrogen and oxygen atoms in total. The monoisotopic (exact) mass is 485 g/mol. The number of oxazole rings is 1. The lowest BCUT2D eigenvalue weighted by Crippen LogP contribution is -2.37. The van der Waals surface area contributed by atoms with Crippen molar-refractivity contribution in [3.63, 3.8) is 0 Å². The van der Waals surface area contributed by atoms with Gasteiger partial charge in [0.05, 0.1) is 12.3 Å². The molecule has 7 heteroatoms. The third-order valence-electron chi connectivity index (χ3n) is 5.64. The average Bonchev–Trinajstić information content (AvgIpc) is 3.25. The van der Waals surface area contributed by atoms with Gasteiger partial charge in [-0.1, -0.05) is 42.5 Å². The molecular weight excluding hydrogens is 458 g/mol. The highest BCUT2D eigenvalue weighted by atomic mass is 16.5. The van der Waals surface area contributed by atoms with Crippen LogP contribution < -0.4 is 9.47 Å². The van der Waals surface area contributed by atoms with Gasteiger partial charge in [0.2, 0.25) is 5.89 Å². The number of nitrogens with zero attached hydrogens (tertiary/aromatic N) is 1. The zero-order valence-corrected chi connectivity index (χ0v) is 20.4. The summed E-state index contributed by atoms with van der Waals surface area (Å²) in [6, 6.07) is 23.2. The summed E-state index contributed by atoms with van der Waals surface area (Å²) in [7, 11) is 0. The first-order valence-electron chi connectivity index (χ1n) is 11.5. The highest BCUT2D eigenvalue weighted by Gasteiger charge is 2.29. The predicted molar refractivity (Wildman–Crippen MR) is 135 cm³/mol. The molecule has 184 valence electrons. The number of carbonyl (C=O) groups excluding carboxylic acids is 1. The van der Waals surface area contributed by atoms with Crippen LogP contribution in [-0.2, 0) is 11.2 Å². The van der Waals surface area contributed by atoms with Gasteiger partial charge in [-0.15, -0.1) is 0 Å². The molecule has 1 N–H and O–H groups in total. The van der Waals surface area contributed by atoms with Gasteiger partial charge >= 0.3 is 5.97 Å². The molecule has 0 radical (unpaired) electrons. The summed E-state index contributed by atoms with van der Waals surface area (Å²) in [5.41, 5.74) is 1.50. The first-order valence-corrected chi connectivity index (χ1v) is 11.5. The molecule has 1 aromatic heterocycles. The average molecular weight is 486 g/mol. The Balaban J connectivity index is 1.34. The second-order valence-electron chi connectivity index (χ2n) is 8.78. The van der Waals surface area contributed by atoms with Crippen LogP contribution in [0.3, 0.4) is 0 Å². The summed E-state index contributed by atoms with van der Waals surface area (Å²) in [5, 5.41) is 9.18. The van der Waals surface area contributed by atoms with Crippen LogP contribution in [0.15, 0.2) is 83.3 Å². The van der Waals surface area contributed by atoms with Gasteiger partial charge in [0.25, 0.3) is 0 Å². The fraction of sp³-hybridized carbons (Fsp3) is 0.207. The molecule has 0 saturated heterocycles. The maximum Gasteiger partial charge on any atom is 0.347 e. The number of benzene rings is 3. The zero-order chi connectivity index (χ0) is 25.7. The number of ether oxygens (including phenoxy) is 2. The van der Waals surface area contributed by atoms with Crippen LogP contribution in [0.4, 0.5) is 0 Å². The van der Waals surface area contributed by atoms with Crippen molar-refractivity contribution in [3.05, 3.63) is 101 Å². The molecule has 4 rings (SSSR count). The smallest absolute Gasteiger partial charge is 0.347 e. The SMILES string of the molecule is Cc1oc(-c2ccc(C(=O)c3ccccc3)cc2)nc1CCOc1ccc(OC(C)(C)C(=O)O)cc1.